The first-order chi connectivity index (χ1) is 10.7. The Balaban J connectivity index is 2.18. The van der Waals surface area contributed by atoms with Gasteiger partial charge in [-0.3, -0.25) is 5.32 Å². The summed E-state index contributed by atoms with van der Waals surface area (Å²) in [5.41, 5.74) is 1.14. The van der Waals surface area contributed by atoms with Crippen molar-refractivity contribution < 1.29 is 22.0 Å². The van der Waals surface area contributed by atoms with Gasteiger partial charge in [-0.2, -0.15) is 0 Å². The van der Waals surface area contributed by atoms with E-state index in [-0.39, 0.29) is 5.95 Å². The Labute approximate surface area is 130 Å². The average Bonchev–Trinajstić information content (AvgIpc) is 2.35. The van der Waals surface area contributed by atoms with Crippen molar-refractivity contribution in [2.24, 2.45) is 0 Å². The molecule has 1 heterocycles. The molecule has 0 aliphatic heterocycles. The molecule has 0 aliphatic rings. The van der Waals surface area contributed by atoms with Gasteiger partial charge in [-0.25, -0.2) is 36.7 Å². The fraction of sp³-hybridized carbons (Fsp3) is 0.154. The summed E-state index contributed by atoms with van der Waals surface area (Å²) in [5.74, 6) is -2.35. The third kappa shape index (κ3) is 4.19. The zero-order valence-corrected chi connectivity index (χ0v) is 12.9. The highest BCUT2D eigenvalue weighted by Crippen LogP contribution is 2.15. The Kier molecular flexibility index (Phi) is 4.55. The lowest BCUT2D eigenvalue weighted by molar-refractivity contribution is 0.256. The summed E-state index contributed by atoms with van der Waals surface area (Å²) in [4.78, 5) is 18.7. The minimum atomic E-state index is -4.51. The van der Waals surface area contributed by atoms with Gasteiger partial charge in [0.25, 0.3) is 10.0 Å². The number of nitrogens with zero attached hydrogens (tertiary/aromatic N) is 2. The van der Waals surface area contributed by atoms with E-state index in [1.54, 1.807) is 24.6 Å². The van der Waals surface area contributed by atoms with Gasteiger partial charge in [0, 0.05) is 17.5 Å². The van der Waals surface area contributed by atoms with Crippen molar-refractivity contribution >= 4 is 22.0 Å². The van der Waals surface area contributed by atoms with Crippen LogP contribution >= 0.6 is 0 Å². The first kappa shape index (κ1) is 16.7. The standard InChI is InChI=1S/C13H12F2N4O3S/c1-7-5-8(2)17-12(16-7)18-13(20)19-23(21,22)11-4-3-9(14)6-10(11)15/h3-6H,1-2H3,(H2,16,17,18,19,20). The molecule has 7 nitrogen and oxygen atoms in total. The first-order valence-corrected chi connectivity index (χ1v) is 7.77. The van der Waals surface area contributed by atoms with E-state index >= 15 is 0 Å². The summed E-state index contributed by atoms with van der Waals surface area (Å²) in [5, 5.41) is 2.13. The molecule has 0 atom stereocenters. The van der Waals surface area contributed by atoms with Crippen molar-refractivity contribution in [3.8, 4) is 0 Å². The Morgan fingerprint density at radius 3 is 2.26 bits per heavy atom. The average molecular weight is 342 g/mol. The van der Waals surface area contributed by atoms with Gasteiger partial charge in [0.2, 0.25) is 5.95 Å². The molecular weight excluding hydrogens is 330 g/mol. The van der Waals surface area contributed by atoms with Crippen LogP contribution in [-0.2, 0) is 10.0 Å². The second-order valence-corrected chi connectivity index (χ2v) is 6.26. The number of carbonyl (C=O) groups is 1. The van der Waals surface area contributed by atoms with Crippen molar-refractivity contribution in [1.29, 1.82) is 0 Å². The molecule has 0 fully saturated rings. The molecule has 2 amide bonds. The predicted molar refractivity (Wildman–Crippen MR) is 77.2 cm³/mol. The number of carbonyl (C=O) groups excluding carboxylic acids is 1. The second kappa shape index (κ2) is 6.24. The van der Waals surface area contributed by atoms with E-state index in [1.165, 1.54) is 0 Å². The van der Waals surface area contributed by atoms with Crippen LogP contribution in [0.5, 0.6) is 0 Å². The van der Waals surface area contributed by atoms with E-state index < -0.39 is 32.6 Å². The number of sulfonamides is 1. The SMILES string of the molecule is Cc1cc(C)nc(NC(=O)NS(=O)(=O)c2ccc(F)cc2F)n1. The maximum atomic E-state index is 13.5. The van der Waals surface area contributed by atoms with Gasteiger partial charge in [0.05, 0.1) is 0 Å². The number of amides is 2. The topological polar surface area (TPSA) is 101 Å². The van der Waals surface area contributed by atoms with Crippen LogP contribution in [0.15, 0.2) is 29.2 Å². The molecule has 23 heavy (non-hydrogen) atoms. The molecule has 0 radical (unpaired) electrons. The second-order valence-electron chi connectivity index (χ2n) is 4.61. The molecule has 0 unspecified atom stereocenters. The maximum absolute atomic E-state index is 13.5. The Bertz CT molecular complexity index is 851. The summed E-state index contributed by atoms with van der Waals surface area (Å²) in [6.07, 6.45) is 0. The molecule has 1 aromatic carbocycles. The number of nitrogens with one attached hydrogen (secondary N) is 2. The lowest BCUT2D eigenvalue weighted by Crippen LogP contribution is -2.35. The van der Waals surface area contributed by atoms with Gasteiger partial charge in [0.15, 0.2) is 0 Å². The zero-order chi connectivity index (χ0) is 17.2. The molecule has 10 heteroatoms. The molecule has 122 valence electrons. The molecule has 0 saturated carbocycles. The summed E-state index contributed by atoms with van der Waals surface area (Å²) < 4.78 is 51.8. The highest BCUT2D eigenvalue weighted by Gasteiger charge is 2.22. The number of benzene rings is 1. The quantitative estimate of drug-likeness (QED) is 0.887. The maximum Gasteiger partial charge on any atom is 0.335 e. The number of aromatic nitrogens is 2. The summed E-state index contributed by atoms with van der Waals surface area (Å²) in [6.45, 7) is 3.34. The molecule has 0 aliphatic carbocycles. The van der Waals surface area contributed by atoms with Crippen molar-refractivity contribution in [2.75, 3.05) is 5.32 Å². The van der Waals surface area contributed by atoms with Gasteiger partial charge in [0.1, 0.15) is 16.5 Å². The third-order valence-electron chi connectivity index (χ3n) is 2.62. The molecule has 2 aromatic rings. The highest BCUT2D eigenvalue weighted by atomic mass is 32.2. The van der Waals surface area contributed by atoms with E-state index in [0.717, 1.165) is 6.07 Å². The van der Waals surface area contributed by atoms with Crippen molar-refractivity contribution in [3.63, 3.8) is 0 Å². The highest BCUT2D eigenvalue weighted by molar-refractivity contribution is 7.90. The summed E-state index contributed by atoms with van der Waals surface area (Å²) in [6, 6.07) is 2.38. The molecule has 0 saturated heterocycles. The summed E-state index contributed by atoms with van der Waals surface area (Å²) >= 11 is 0. The lowest BCUT2D eigenvalue weighted by atomic mass is 10.3. The minimum absolute atomic E-state index is 0.102. The number of anilines is 1. The molecular formula is C13H12F2N4O3S. The van der Waals surface area contributed by atoms with E-state index in [4.69, 9.17) is 0 Å². The van der Waals surface area contributed by atoms with Crippen molar-refractivity contribution in [1.82, 2.24) is 14.7 Å². The third-order valence-corrected chi connectivity index (χ3v) is 3.98. The van der Waals surface area contributed by atoms with Gasteiger partial charge < -0.3 is 0 Å². The molecule has 1 aromatic heterocycles. The Morgan fingerprint density at radius 2 is 1.70 bits per heavy atom. The van der Waals surface area contributed by atoms with Crippen LogP contribution in [0.4, 0.5) is 19.5 Å². The van der Waals surface area contributed by atoms with Gasteiger partial charge >= 0.3 is 6.03 Å². The molecule has 0 spiro atoms. The largest absolute Gasteiger partial charge is 0.335 e. The lowest BCUT2D eigenvalue weighted by Gasteiger charge is -2.09. The van der Waals surface area contributed by atoms with Gasteiger partial charge in [-0.1, -0.05) is 0 Å². The van der Waals surface area contributed by atoms with Crippen LogP contribution in [0.1, 0.15) is 11.4 Å². The van der Waals surface area contributed by atoms with Crippen LogP contribution in [0.2, 0.25) is 0 Å². The van der Waals surface area contributed by atoms with Crippen molar-refractivity contribution in [3.05, 3.63) is 47.3 Å². The van der Waals surface area contributed by atoms with Crippen LogP contribution in [0.25, 0.3) is 0 Å². The van der Waals surface area contributed by atoms with E-state index in [0.29, 0.717) is 23.5 Å². The fourth-order valence-electron chi connectivity index (χ4n) is 1.78. The van der Waals surface area contributed by atoms with Gasteiger partial charge in [-0.15, -0.1) is 0 Å². The molecule has 2 N–H and O–H groups in total. The van der Waals surface area contributed by atoms with Gasteiger partial charge in [-0.05, 0) is 32.0 Å². The number of hydrogen-bond donors (Lipinski definition) is 2. The fourth-order valence-corrected chi connectivity index (χ4v) is 2.75. The predicted octanol–water partition coefficient (Wildman–Crippen LogP) is 1.88. The monoisotopic (exact) mass is 342 g/mol. The van der Waals surface area contributed by atoms with Crippen molar-refractivity contribution in [2.45, 2.75) is 18.7 Å². The Hall–Kier alpha value is -2.62. The van der Waals surface area contributed by atoms with Crippen LogP contribution in [0.3, 0.4) is 0 Å². The van der Waals surface area contributed by atoms with Crippen LogP contribution in [-0.4, -0.2) is 24.4 Å². The molecule has 0 bridgehead atoms. The smallest absolute Gasteiger partial charge is 0.275 e. The van der Waals surface area contributed by atoms with Crippen LogP contribution < -0.4 is 10.0 Å². The Morgan fingerprint density at radius 1 is 1.09 bits per heavy atom. The van der Waals surface area contributed by atoms with E-state index in [9.17, 15) is 22.0 Å². The number of aryl methyl sites for hydroxylation is 2. The number of halogens is 2. The van der Waals surface area contributed by atoms with Crippen LogP contribution in [0, 0.1) is 25.5 Å². The first-order valence-electron chi connectivity index (χ1n) is 6.28. The summed E-state index contributed by atoms with van der Waals surface area (Å²) in [7, 11) is -4.51. The zero-order valence-electron chi connectivity index (χ0n) is 12.1. The minimum Gasteiger partial charge on any atom is -0.275 e. The number of hydrogen-bond acceptors (Lipinski definition) is 5. The molecule has 2 rings (SSSR count). The normalized spacial score (nSPS) is 11.1. The van der Waals surface area contributed by atoms with E-state index in [2.05, 4.69) is 15.3 Å². The van der Waals surface area contributed by atoms with E-state index in [1.807, 2.05) is 0 Å². The number of urea groups is 1. The number of rotatable bonds is 3.